The van der Waals surface area contributed by atoms with Crippen molar-refractivity contribution >= 4 is 18.0 Å². The molecule has 0 amide bonds. The number of benzene rings is 1. The van der Waals surface area contributed by atoms with E-state index in [4.69, 9.17) is 9.47 Å². The molecule has 0 aliphatic carbocycles. The van der Waals surface area contributed by atoms with Gasteiger partial charge in [0.05, 0.1) is 5.56 Å². The monoisotopic (exact) mass is 332 g/mol. The van der Waals surface area contributed by atoms with Crippen LogP contribution >= 0.6 is 0 Å². The normalized spacial score (nSPS) is 17.6. The zero-order chi connectivity index (χ0) is 17.6. The number of halogens is 4. The molecule has 0 aromatic heterocycles. The molecule has 0 atom stereocenters. The van der Waals surface area contributed by atoms with Gasteiger partial charge in [0.1, 0.15) is 11.4 Å². The van der Waals surface area contributed by atoms with Crippen LogP contribution in [0.3, 0.4) is 0 Å². The number of aryl methyl sites for hydroxylation is 1. The highest BCUT2D eigenvalue weighted by Crippen LogP contribution is 2.34. The molecule has 1 aliphatic heterocycles. The second-order valence-corrected chi connectivity index (χ2v) is 5.43. The molecule has 0 saturated carbocycles. The Morgan fingerprint density at radius 2 is 1.61 bits per heavy atom. The fourth-order valence-corrected chi connectivity index (χ4v) is 2.03. The molecule has 0 spiro atoms. The maximum Gasteiger partial charge on any atom is 0.419 e. The Labute approximate surface area is 128 Å². The highest BCUT2D eigenvalue weighted by Gasteiger charge is 2.39. The summed E-state index contributed by atoms with van der Waals surface area (Å²) in [6, 6.07) is 1.59. The summed E-state index contributed by atoms with van der Waals surface area (Å²) < 4.78 is 61.6. The third kappa shape index (κ3) is 3.52. The van der Waals surface area contributed by atoms with Gasteiger partial charge < -0.3 is 9.47 Å². The minimum Gasteiger partial charge on any atom is -0.419 e. The maximum absolute atomic E-state index is 13.6. The Kier molecular flexibility index (Phi) is 3.96. The number of ether oxygens (including phenoxy) is 2. The van der Waals surface area contributed by atoms with Crippen LogP contribution in [-0.4, -0.2) is 17.7 Å². The molecule has 0 bridgehead atoms. The first kappa shape index (κ1) is 17.0. The quantitative estimate of drug-likeness (QED) is 0.342. The second-order valence-electron chi connectivity index (χ2n) is 5.43. The molecule has 4 nitrogen and oxygen atoms in total. The lowest BCUT2D eigenvalue weighted by Crippen LogP contribution is -2.41. The third-order valence-corrected chi connectivity index (χ3v) is 3.01. The van der Waals surface area contributed by atoms with Crippen molar-refractivity contribution in [3.8, 4) is 0 Å². The van der Waals surface area contributed by atoms with Crippen molar-refractivity contribution in [2.24, 2.45) is 0 Å². The molecular formula is C15H12F4O4. The summed E-state index contributed by atoms with van der Waals surface area (Å²) in [6.45, 7) is 3.82. The van der Waals surface area contributed by atoms with Crippen molar-refractivity contribution in [1.29, 1.82) is 0 Å². The highest BCUT2D eigenvalue weighted by molar-refractivity contribution is 6.18. The van der Waals surface area contributed by atoms with E-state index >= 15 is 0 Å². The second kappa shape index (κ2) is 5.36. The molecule has 1 saturated heterocycles. The zero-order valence-electron chi connectivity index (χ0n) is 12.4. The molecule has 1 aliphatic rings. The van der Waals surface area contributed by atoms with E-state index in [1.54, 1.807) is 0 Å². The molecule has 1 heterocycles. The van der Waals surface area contributed by atoms with Crippen LogP contribution < -0.4 is 0 Å². The number of alkyl halides is 3. The van der Waals surface area contributed by atoms with E-state index in [1.807, 2.05) is 0 Å². The van der Waals surface area contributed by atoms with Gasteiger partial charge in [0.25, 0.3) is 5.79 Å². The van der Waals surface area contributed by atoms with Crippen molar-refractivity contribution in [2.75, 3.05) is 0 Å². The number of cyclic esters (lactones) is 2. The number of hydrogen-bond donors (Lipinski definition) is 0. The zero-order valence-corrected chi connectivity index (χ0v) is 12.4. The van der Waals surface area contributed by atoms with Gasteiger partial charge in [-0.1, -0.05) is 0 Å². The number of hydrogen-bond acceptors (Lipinski definition) is 4. The molecule has 2 rings (SSSR count). The van der Waals surface area contributed by atoms with E-state index in [0.717, 1.165) is 19.1 Å². The fourth-order valence-electron chi connectivity index (χ4n) is 2.03. The van der Waals surface area contributed by atoms with Gasteiger partial charge >= 0.3 is 18.1 Å². The van der Waals surface area contributed by atoms with Gasteiger partial charge in [-0.05, 0) is 36.3 Å². The predicted octanol–water partition coefficient (Wildman–Crippen LogP) is 3.37. The van der Waals surface area contributed by atoms with E-state index in [-0.39, 0.29) is 11.1 Å². The molecule has 1 aromatic carbocycles. The van der Waals surface area contributed by atoms with Crippen LogP contribution in [0.4, 0.5) is 17.6 Å². The summed E-state index contributed by atoms with van der Waals surface area (Å²) in [7, 11) is 0. The topological polar surface area (TPSA) is 52.6 Å². The van der Waals surface area contributed by atoms with Gasteiger partial charge in [-0.15, -0.1) is 0 Å². The van der Waals surface area contributed by atoms with Crippen LogP contribution in [0, 0.1) is 12.7 Å². The van der Waals surface area contributed by atoms with Crippen LogP contribution in [0.25, 0.3) is 6.08 Å². The van der Waals surface area contributed by atoms with Crippen molar-refractivity contribution in [3.05, 3.63) is 40.2 Å². The molecule has 1 aromatic rings. The average molecular weight is 332 g/mol. The fraction of sp³-hybridized carbons (Fsp3) is 0.333. The van der Waals surface area contributed by atoms with Crippen molar-refractivity contribution in [3.63, 3.8) is 0 Å². The minimum absolute atomic E-state index is 0.167. The van der Waals surface area contributed by atoms with Crippen LogP contribution in [-0.2, 0) is 25.2 Å². The van der Waals surface area contributed by atoms with Gasteiger partial charge in [-0.3, -0.25) is 0 Å². The third-order valence-electron chi connectivity index (χ3n) is 3.01. The van der Waals surface area contributed by atoms with E-state index < -0.39 is 40.9 Å². The molecule has 0 radical (unpaired) electrons. The van der Waals surface area contributed by atoms with Crippen molar-refractivity contribution in [1.82, 2.24) is 0 Å². The van der Waals surface area contributed by atoms with Gasteiger partial charge in [-0.2, -0.15) is 13.2 Å². The standard InChI is InChI=1S/C15H12F4O4/c1-7-4-8(6-10(11(7)16)15(17,18)19)5-9-12(20)22-14(2,3)23-13(9)21/h4-6H,1-3H3. The Bertz CT molecular complexity index is 695. The summed E-state index contributed by atoms with van der Waals surface area (Å²) in [5.41, 5.74) is -2.49. The lowest BCUT2D eigenvalue weighted by Gasteiger charge is -2.29. The van der Waals surface area contributed by atoms with E-state index in [0.29, 0.717) is 6.07 Å². The summed E-state index contributed by atoms with van der Waals surface area (Å²) in [5, 5.41) is 0. The first-order chi connectivity index (χ1) is 10.4. The highest BCUT2D eigenvalue weighted by atomic mass is 19.4. The van der Waals surface area contributed by atoms with Crippen LogP contribution in [0.5, 0.6) is 0 Å². The first-order valence-electron chi connectivity index (χ1n) is 6.46. The van der Waals surface area contributed by atoms with Gasteiger partial charge in [0.2, 0.25) is 0 Å². The summed E-state index contributed by atoms with van der Waals surface area (Å²) in [5.74, 6) is -4.92. The van der Waals surface area contributed by atoms with Crippen LogP contribution in [0.2, 0.25) is 0 Å². The van der Waals surface area contributed by atoms with Gasteiger partial charge in [0.15, 0.2) is 0 Å². The molecule has 124 valence electrons. The molecule has 23 heavy (non-hydrogen) atoms. The van der Waals surface area contributed by atoms with E-state index in [2.05, 4.69) is 0 Å². The lowest BCUT2D eigenvalue weighted by atomic mass is 10.0. The number of esters is 2. The number of carbonyl (C=O) groups excluding carboxylic acids is 2. The molecule has 8 heteroatoms. The van der Waals surface area contributed by atoms with E-state index in [1.165, 1.54) is 13.8 Å². The molecule has 0 unspecified atom stereocenters. The number of carbonyl (C=O) groups is 2. The Hall–Kier alpha value is -2.38. The smallest absolute Gasteiger partial charge is 0.419 e. The summed E-state index contributed by atoms with van der Waals surface area (Å²) in [4.78, 5) is 23.5. The average Bonchev–Trinajstić information content (AvgIpc) is 2.35. The molecular weight excluding hydrogens is 320 g/mol. The Morgan fingerprint density at radius 3 is 2.09 bits per heavy atom. The molecule has 0 N–H and O–H groups in total. The lowest BCUT2D eigenvalue weighted by molar-refractivity contribution is -0.222. The summed E-state index contributed by atoms with van der Waals surface area (Å²) >= 11 is 0. The minimum atomic E-state index is -4.90. The van der Waals surface area contributed by atoms with E-state index in [9.17, 15) is 27.2 Å². The first-order valence-corrected chi connectivity index (χ1v) is 6.46. The number of rotatable bonds is 1. The Balaban J connectivity index is 2.50. The van der Waals surface area contributed by atoms with Crippen LogP contribution in [0.1, 0.15) is 30.5 Å². The summed E-state index contributed by atoms with van der Waals surface area (Å²) in [6.07, 6.45) is -4.03. The molecule has 1 fully saturated rings. The SMILES string of the molecule is Cc1cc(C=C2C(=O)OC(C)(C)OC2=O)cc(C(F)(F)F)c1F. The largest absolute Gasteiger partial charge is 0.419 e. The predicted molar refractivity (Wildman–Crippen MR) is 70.4 cm³/mol. The Morgan fingerprint density at radius 1 is 1.09 bits per heavy atom. The maximum atomic E-state index is 13.6. The van der Waals surface area contributed by atoms with Crippen molar-refractivity contribution < 1.29 is 36.6 Å². The van der Waals surface area contributed by atoms with Crippen LogP contribution in [0.15, 0.2) is 17.7 Å². The van der Waals surface area contributed by atoms with Gasteiger partial charge in [0, 0.05) is 13.8 Å². The van der Waals surface area contributed by atoms with Gasteiger partial charge in [-0.25, -0.2) is 14.0 Å². The van der Waals surface area contributed by atoms with Crippen molar-refractivity contribution in [2.45, 2.75) is 32.7 Å².